The summed E-state index contributed by atoms with van der Waals surface area (Å²) in [7, 11) is -7.02. The topological polar surface area (TPSA) is 201 Å². The molecule has 4 aliphatic rings. The summed E-state index contributed by atoms with van der Waals surface area (Å²) in [5, 5.41) is 15.5. The molecule has 4 aromatic rings. The Morgan fingerprint density at radius 1 is 0.793 bits per heavy atom. The summed E-state index contributed by atoms with van der Waals surface area (Å²) in [5.74, 6) is -0.0378. The molecule has 2 aromatic heterocycles. The summed E-state index contributed by atoms with van der Waals surface area (Å²) < 4.78 is 82.1. The van der Waals surface area contributed by atoms with Gasteiger partial charge in [-0.15, -0.1) is 5.26 Å². The Hall–Kier alpha value is -5.06. The molecule has 2 saturated heterocycles. The van der Waals surface area contributed by atoms with E-state index in [4.69, 9.17) is 15.1 Å². The molecule has 2 amide bonds. The molecule has 0 bridgehead atoms. The number of nitriles is 1. The molecule has 2 fully saturated rings. The van der Waals surface area contributed by atoms with E-state index in [1.54, 1.807) is 55.3 Å². The molecule has 18 heteroatoms. The fourth-order valence-electron chi connectivity index (χ4n) is 7.56. The van der Waals surface area contributed by atoms with Crippen LogP contribution in [0.5, 0.6) is 5.75 Å². The van der Waals surface area contributed by atoms with E-state index in [0.717, 1.165) is 49.0 Å². The van der Waals surface area contributed by atoms with Crippen molar-refractivity contribution in [3.05, 3.63) is 95.1 Å². The van der Waals surface area contributed by atoms with Crippen molar-refractivity contribution >= 4 is 31.8 Å². The number of hydrogen-bond acceptors (Lipinski definition) is 11. The number of urea groups is 1. The number of pyridine rings is 2. The quantitative estimate of drug-likeness (QED) is 0.197. The summed E-state index contributed by atoms with van der Waals surface area (Å²) in [4.78, 5) is 24.5. The number of primary sulfonamides is 1. The van der Waals surface area contributed by atoms with Gasteiger partial charge in [0.25, 0.3) is 6.26 Å². The molecule has 14 nitrogen and oxygen atoms in total. The highest BCUT2D eigenvalue weighted by Gasteiger charge is 2.38. The smallest absolute Gasteiger partial charge is 0.332 e. The zero-order valence-electron chi connectivity index (χ0n) is 32.2. The zero-order valence-corrected chi connectivity index (χ0v) is 33.9. The number of nitrogens with one attached hydrogen (secondary N) is 2. The SMILES string of the molecule is CCN1CC(S(=O)(=O)NC(=O)Nc2c(-c3ccncc3)cc(F)c3c2CCC3)C1.CCN1CC(S(N)(=O)=O)C1.N#COc1c(-c2ccncc2)cc(F)c2c1CCC2. The zero-order chi connectivity index (χ0) is 41.6. The summed E-state index contributed by atoms with van der Waals surface area (Å²) in [5.41, 5.74) is 5.90. The van der Waals surface area contributed by atoms with Crippen LogP contribution in [-0.4, -0.2) is 92.4 Å². The second-order valence-corrected chi connectivity index (χ2v) is 18.2. The number of rotatable bonds is 9. The average Bonchev–Trinajstić information content (AvgIpc) is 3.86. The number of carbonyl (C=O) groups excluding carboxylic acids is 1. The van der Waals surface area contributed by atoms with Crippen molar-refractivity contribution in [2.45, 2.75) is 62.9 Å². The highest BCUT2D eigenvalue weighted by molar-refractivity contribution is 7.90. The molecule has 2 aliphatic heterocycles. The van der Waals surface area contributed by atoms with Gasteiger partial charge in [-0.3, -0.25) is 9.97 Å². The first-order valence-corrected chi connectivity index (χ1v) is 22.2. The number of nitrogens with two attached hydrogens (primary N) is 1. The van der Waals surface area contributed by atoms with Crippen molar-refractivity contribution in [1.82, 2.24) is 24.5 Å². The Labute approximate surface area is 337 Å². The van der Waals surface area contributed by atoms with Gasteiger partial charge in [-0.05, 0) is 116 Å². The minimum atomic E-state index is -3.77. The van der Waals surface area contributed by atoms with Crippen LogP contribution in [0.15, 0.2) is 61.2 Å². The van der Waals surface area contributed by atoms with Crippen molar-refractivity contribution in [2.75, 3.05) is 44.6 Å². The molecular formula is C40H46F2N8O6S2. The second-order valence-electron chi connectivity index (χ2n) is 14.4. The molecule has 308 valence electrons. The fourth-order valence-corrected chi connectivity index (χ4v) is 9.69. The Morgan fingerprint density at radius 3 is 1.78 bits per heavy atom. The summed E-state index contributed by atoms with van der Waals surface area (Å²) in [6, 6.07) is 9.03. The van der Waals surface area contributed by atoms with Crippen molar-refractivity contribution in [1.29, 1.82) is 5.26 Å². The Bertz CT molecular complexity index is 2390. The van der Waals surface area contributed by atoms with E-state index in [1.807, 2.05) is 23.6 Å². The Balaban J connectivity index is 0.000000167. The van der Waals surface area contributed by atoms with Crippen LogP contribution >= 0.6 is 0 Å². The standard InChI is InChI=1S/C20H23FN4O3S.C15H11FN2O.C5H12N2O2S/c1-2-25-11-14(12-25)29(27,28)24-20(26)23-19-16-5-3-4-15(16)18(21)10-17(19)13-6-8-22-9-7-13;16-14-8-13(10-4-6-18-7-5-10)15(19-9-17)12-3-1-2-11(12)14;1-2-7-3-5(4-7)10(6,8)9/h6-10,14H,2-5,11-12H2,1H3,(H2,23,24,26);4-8H,1-3H2;5H,2-4H2,1H3,(H2,6,8,9). The lowest BCUT2D eigenvalue weighted by Gasteiger charge is -2.37. The number of anilines is 1. The van der Waals surface area contributed by atoms with Crippen molar-refractivity contribution < 1.29 is 35.1 Å². The van der Waals surface area contributed by atoms with E-state index in [-0.39, 0.29) is 16.9 Å². The van der Waals surface area contributed by atoms with E-state index < -0.39 is 31.3 Å². The van der Waals surface area contributed by atoms with E-state index in [9.17, 15) is 30.4 Å². The van der Waals surface area contributed by atoms with Gasteiger partial charge in [0.15, 0.2) is 5.75 Å². The van der Waals surface area contributed by atoms with Crippen LogP contribution in [0.1, 0.15) is 48.9 Å². The van der Waals surface area contributed by atoms with E-state index in [2.05, 4.69) is 20.0 Å². The predicted molar refractivity (Wildman–Crippen MR) is 216 cm³/mol. The van der Waals surface area contributed by atoms with Gasteiger partial charge in [0.1, 0.15) is 22.1 Å². The van der Waals surface area contributed by atoms with Gasteiger partial charge in [0, 0.05) is 67.7 Å². The van der Waals surface area contributed by atoms with E-state index in [0.29, 0.717) is 84.7 Å². The largest absolute Gasteiger partial charge is 0.387 e. The van der Waals surface area contributed by atoms with Crippen LogP contribution in [0.4, 0.5) is 19.3 Å². The van der Waals surface area contributed by atoms with Crippen LogP contribution in [0.25, 0.3) is 22.3 Å². The number of ether oxygens (including phenoxy) is 1. The molecule has 4 heterocycles. The number of sulfonamides is 2. The van der Waals surface area contributed by atoms with Gasteiger partial charge in [-0.25, -0.2) is 40.3 Å². The lowest BCUT2D eigenvalue weighted by atomic mass is 9.97. The number of carbonyl (C=O) groups is 1. The van der Waals surface area contributed by atoms with Gasteiger partial charge in [0.05, 0.1) is 5.69 Å². The summed E-state index contributed by atoms with van der Waals surface area (Å²) in [6.45, 7) is 7.67. The molecule has 0 saturated carbocycles. The van der Waals surface area contributed by atoms with E-state index >= 15 is 0 Å². The molecule has 58 heavy (non-hydrogen) atoms. The van der Waals surface area contributed by atoms with Gasteiger partial charge in [-0.1, -0.05) is 13.8 Å². The molecule has 2 aliphatic carbocycles. The monoisotopic (exact) mass is 836 g/mol. The highest BCUT2D eigenvalue weighted by Crippen LogP contribution is 2.41. The first kappa shape index (κ1) is 42.5. The third kappa shape index (κ3) is 9.62. The molecule has 0 unspecified atom stereocenters. The second kappa shape index (κ2) is 18.2. The van der Waals surface area contributed by atoms with Crippen LogP contribution in [0, 0.1) is 23.2 Å². The molecule has 0 radical (unpaired) electrons. The minimum absolute atomic E-state index is 0.218. The van der Waals surface area contributed by atoms with Crippen LogP contribution in [-0.2, 0) is 45.7 Å². The van der Waals surface area contributed by atoms with Crippen LogP contribution < -0.4 is 19.9 Å². The van der Waals surface area contributed by atoms with Crippen LogP contribution in [0.3, 0.4) is 0 Å². The number of fused-ring (bicyclic) bond motifs is 2. The summed E-state index contributed by atoms with van der Waals surface area (Å²) >= 11 is 0. The van der Waals surface area contributed by atoms with Crippen molar-refractivity contribution in [3.8, 4) is 34.3 Å². The number of hydrogen-bond donors (Lipinski definition) is 3. The number of amides is 2. The lowest BCUT2D eigenvalue weighted by Crippen LogP contribution is -2.58. The normalized spacial score (nSPS) is 16.6. The Kier molecular flexibility index (Phi) is 13.4. The molecule has 8 rings (SSSR count). The van der Waals surface area contributed by atoms with Gasteiger partial charge in [0.2, 0.25) is 20.0 Å². The molecule has 2 aromatic carbocycles. The predicted octanol–water partition coefficient (Wildman–Crippen LogP) is 4.75. The minimum Gasteiger partial charge on any atom is -0.387 e. The van der Waals surface area contributed by atoms with Gasteiger partial charge < -0.3 is 19.9 Å². The third-order valence-corrected chi connectivity index (χ3v) is 13.8. The van der Waals surface area contributed by atoms with Crippen LogP contribution in [0.2, 0.25) is 0 Å². The third-order valence-electron chi connectivity index (χ3n) is 10.9. The molecular weight excluding hydrogens is 791 g/mol. The maximum Gasteiger partial charge on any atom is 0.332 e. The van der Waals surface area contributed by atoms with Crippen molar-refractivity contribution in [2.24, 2.45) is 5.14 Å². The molecule has 4 N–H and O–H groups in total. The number of aromatic nitrogens is 2. The van der Waals surface area contributed by atoms with E-state index in [1.165, 1.54) is 12.1 Å². The molecule has 0 spiro atoms. The lowest BCUT2D eigenvalue weighted by molar-refractivity contribution is 0.194. The highest BCUT2D eigenvalue weighted by atomic mass is 32.2. The first-order chi connectivity index (χ1) is 27.7. The maximum atomic E-state index is 14.6. The Morgan fingerprint density at radius 2 is 1.26 bits per heavy atom. The summed E-state index contributed by atoms with van der Waals surface area (Å²) in [6.07, 6.45) is 12.5. The van der Waals surface area contributed by atoms with Gasteiger partial charge >= 0.3 is 6.03 Å². The number of halogens is 2. The molecule has 0 atom stereocenters. The number of benzene rings is 2. The van der Waals surface area contributed by atoms with Gasteiger partial charge in [-0.2, -0.15) is 0 Å². The fraction of sp³-hybridized carbons (Fsp3) is 0.400. The first-order valence-electron chi connectivity index (χ1n) is 19.1. The number of likely N-dealkylation sites (tertiary alicyclic amines) is 2. The maximum absolute atomic E-state index is 14.6. The van der Waals surface area contributed by atoms with Crippen molar-refractivity contribution in [3.63, 3.8) is 0 Å². The number of nitrogens with zero attached hydrogens (tertiary/aromatic N) is 5. The average molecular weight is 837 g/mol.